The van der Waals surface area contributed by atoms with Gasteiger partial charge in [-0.2, -0.15) is 0 Å². The van der Waals surface area contributed by atoms with Gasteiger partial charge in [-0.3, -0.25) is 4.79 Å². The minimum atomic E-state index is 0.0430. The number of benzene rings is 2. The van der Waals surface area contributed by atoms with E-state index in [0.717, 1.165) is 20.9 Å². The van der Waals surface area contributed by atoms with Crippen molar-refractivity contribution in [3.05, 3.63) is 40.9 Å². The standard InChI is InChI=1S/C16H18BrNOS/c1-16(2,3)20-10-15(19)18-14-7-5-11-8-13(17)6-4-12(11)9-14/h4-9H,10H2,1-3H3,(H,18,19). The average Bonchev–Trinajstić information content (AvgIpc) is 2.36. The molecule has 0 saturated heterocycles. The Hall–Kier alpha value is -1.00. The molecule has 0 aromatic heterocycles. The van der Waals surface area contributed by atoms with E-state index in [1.165, 1.54) is 0 Å². The largest absolute Gasteiger partial charge is 0.325 e. The minimum absolute atomic E-state index is 0.0430. The number of halogens is 1. The molecule has 0 atom stereocenters. The van der Waals surface area contributed by atoms with E-state index in [-0.39, 0.29) is 10.7 Å². The Balaban J connectivity index is 2.06. The molecule has 20 heavy (non-hydrogen) atoms. The van der Waals surface area contributed by atoms with Crippen molar-refractivity contribution >= 4 is 50.1 Å². The number of carbonyl (C=O) groups excluding carboxylic acids is 1. The SMILES string of the molecule is CC(C)(C)SCC(=O)Nc1ccc2cc(Br)ccc2c1. The summed E-state index contributed by atoms with van der Waals surface area (Å²) in [6.07, 6.45) is 0. The highest BCUT2D eigenvalue weighted by Crippen LogP contribution is 2.25. The van der Waals surface area contributed by atoms with Crippen molar-refractivity contribution in [2.24, 2.45) is 0 Å². The fourth-order valence-corrected chi connectivity index (χ4v) is 2.79. The van der Waals surface area contributed by atoms with Crippen LogP contribution in [0.15, 0.2) is 40.9 Å². The molecule has 2 aromatic carbocycles. The second-order valence-electron chi connectivity index (χ2n) is 5.66. The summed E-state index contributed by atoms with van der Waals surface area (Å²) in [7, 11) is 0. The van der Waals surface area contributed by atoms with Crippen LogP contribution >= 0.6 is 27.7 Å². The number of hydrogen-bond donors (Lipinski definition) is 1. The van der Waals surface area contributed by atoms with Crippen molar-refractivity contribution in [1.29, 1.82) is 0 Å². The first-order valence-electron chi connectivity index (χ1n) is 6.47. The first-order valence-corrected chi connectivity index (χ1v) is 8.24. The number of anilines is 1. The van der Waals surface area contributed by atoms with Crippen molar-refractivity contribution in [1.82, 2.24) is 0 Å². The zero-order valence-electron chi connectivity index (χ0n) is 11.9. The molecule has 0 fully saturated rings. The van der Waals surface area contributed by atoms with Crippen molar-refractivity contribution in [2.75, 3.05) is 11.1 Å². The van der Waals surface area contributed by atoms with E-state index in [2.05, 4.69) is 48.1 Å². The molecule has 0 spiro atoms. The van der Waals surface area contributed by atoms with Gasteiger partial charge in [-0.1, -0.05) is 48.8 Å². The van der Waals surface area contributed by atoms with E-state index >= 15 is 0 Å². The lowest BCUT2D eigenvalue weighted by Gasteiger charge is -2.17. The summed E-state index contributed by atoms with van der Waals surface area (Å²) in [5.41, 5.74) is 0.847. The van der Waals surface area contributed by atoms with E-state index in [1.54, 1.807) is 11.8 Å². The maximum absolute atomic E-state index is 11.9. The zero-order chi connectivity index (χ0) is 14.8. The fourth-order valence-electron chi connectivity index (χ4n) is 1.77. The van der Waals surface area contributed by atoms with Crippen LogP contribution in [0.5, 0.6) is 0 Å². The average molecular weight is 352 g/mol. The molecule has 0 saturated carbocycles. The third-order valence-electron chi connectivity index (χ3n) is 2.72. The Labute approximate surface area is 132 Å². The molecule has 4 heteroatoms. The molecule has 1 amide bonds. The van der Waals surface area contributed by atoms with Crippen LogP contribution in [0.4, 0.5) is 5.69 Å². The first-order chi connectivity index (χ1) is 9.33. The smallest absolute Gasteiger partial charge is 0.234 e. The first kappa shape index (κ1) is 15.4. The van der Waals surface area contributed by atoms with Gasteiger partial charge in [0.25, 0.3) is 0 Å². The fraction of sp³-hybridized carbons (Fsp3) is 0.312. The van der Waals surface area contributed by atoms with Crippen LogP contribution in [0.2, 0.25) is 0 Å². The normalized spacial score (nSPS) is 11.6. The van der Waals surface area contributed by atoms with Gasteiger partial charge in [0.15, 0.2) is 0 Å². The molecular formula is C16H18BrNOS. The number of rotatable bonds is 3. The van der Waals surface area contributed by atoms with Gasteiger partial charge in [-0.15, -0.1) is 11.8 Å². The molecular weight excluding hydrogens is 334 g/mol. The molecule has 0 aliphatic carbocycles. The molecule has 1 N–H and O–H groups in total. The number of thioether (sulfide) groups is 1. The van der Waals surface area contributed by atoms with Gasteiger partial charge < -0.3 is 5.32 Å². The van der Waals surface area contributed by atoms with Gasteiger partial charge >= 0.3 is 0 Å². The highest BCUT2D eigenvalue weighted by Gasteiger charge is 2.13. The van der Waals surface area contributed by atoms with Crippen molar-refractivity contribution in [3.8, 4) is 0 Å². The Morgan fingerprint density at radius 2 is 1.80 bits per heavy atom. The molecule has 0 unspecified atom stereocenters. The summed E-state index contributed by atoms with van der Waals surface area (Å²) in [4.78, 5) is 11.9. The monoisotopic (exact) mass is 351 g/mol. The van der Waals surface area contributed by atoms with Crippen LogP contribution in [0, 0.1) is 0 Å². The van der Waals surface area contributed by atoms with Gasteiger partial charge in [0, 0.05) is 14.9 Å². The summed E-state index contributed by atoms with van der Waals surface area (Å²) in [6, 6.07) is 12.1. The highest BCUT2D eigenvalue weighted by molar-refractivity contribution is 9.10. The number of amides is 1. The molecule has 106 valence electrons. The molecule has 0 heterocycles. The second kappa shape index (κ2) is 6.19. The molecule has 0 aliphatic rings. The third kappa shape index (κ3) is 4.53. The van der Waals surface area contributed by atoms with Crippen molar-refractivity contribution < 1.29 is 4.79 Å². The van der Waals surface area contributed by atoms with E-state index < -0.39 is 0 Å². The number of hydrogen-bond acceptors (Lipinski definition) is 2. The second-order valence-corrected chi connectivity index (χ2v) is 8.37. The predicted molar refractivity (Wildman–Crippen MR) is 92.5 cm³/mol. The Bertz CT molecular complexity index is 634. The van der Waals surface area contributed by atoms with E-state index in [1.807, 2.05) is 30.3 Å². The summed E-state index contributed by atoms with van der Waals surface area (Å²) >= 11 is 5.11. The maximum atomic E-state index is 11.9. The van der Waals surface area contributed by atoms with Gasteiger partial charge in [0.05, 0.1) is 5.75 Å². The van der Waals surface area contributed by atoms with Crippen LogP contribution < -0.4 is 5.32 Å². The minimum Gasteiger partial charge on any atom is -0.325 e. The van der Waals surface area contributed by atoms with E-state index in [9.17, 15) is 4.79 Å². The Morgan fingerprint density at radius 3 is 2.50 bits per heavy atom. The summed E-state index contributed by atoms with van der Waals surface area (Å²) in [5, 5.41) is 5.22. The van der Waals surface area contributed by atoms with Gasteiger partial charge in [-0.25, -0.2) is 0 Å². The molecule has 0 bridgehead atoms. The van der Waals surface area contributed by atoms with Crippen molar-refractivity contribution in [2.45, 2.75) is 25.5 Å². The summed E-state index contributed by atoms with van der Waals surface area (Å²) in [5.74, 6) is 0.517. The number of nitrogens with one attached hydrogen (secondary N) is 1. The molecule has 0 aliphatic heterocycles. The van der Waals surface area contributed by atoms with Crippen LogP contribution in [-0.4, -0.2) is 16.4 Å². The lowest BCUT2D eigenvalue weighted by Crippen LogP contribution is -2.18. The Kier molecular flexibility index (Phi) is 4.76. The van der Waals surface area contributed by atoms with Gasteiger partial charge in [-0.05, 0) is 35.0 Å². The topological polar surface area (TPSA) is 29.1 Å². The number of carbonyl (C=O) groups is 1. The van der Waals surface area contributed by atoms with Crippen LogP contribution in [0.25, 0.3) is 10.8 Å². The maximum Gasteiger partial charge on any atom is 0.234 e. The molecule has 0 radical (unpaired) electrons. The lowest BCUT2D eigenvalue weighted by molar-refractivity contribution is -0.113. The Morgan fingerprint density at radius 1 is 1.15 bits per heavy atom. The van der Waals surface area contributed by atoms with Crippen LogP contribution in [0.3, 0.4) is 0 Å². The van der Waals surface area contributed by atoms with Crippen molar-refractivity contribution in [3.63, 3.8) is 0 Å². The quantitative estimate of drug-likeness (QED) is 0.835. The zero-order valence-corrected chi connectivity index (χ0v) is 14.3. The van der Waals surface area contributed by atoms with Gasteiger partial charge in [0.1, 0.15) is 0 Å². The summed E-state index contributed by atoms with van der Waals surface area (Å²) in [6.45, 7) is 6.33. The lowest BCUT2D eigenvalue weighted by atomic mass is 10.1. The molecule has 2 aromatic rings. The van der Waals surface area contributed by atoms with Gasteiger partial charge in [0.2, 0.25) is 5.91 Å². The number of fused-ring (bicyclic) bond motifs is 1. The molecule has 2 rings (SSSR count). The summed E-state index contributed by atoms with van der Waals surface area (Å²) < 4.78 is 1.16. The van der Waals surface area contributed by atoms with E-state index in [4.69, 9.17) is 0 Å². The third-order valence-corrected chi connectivity index (χ3v) is 4.49. The predicted octanol–water partition coefficient (Wildman–Crippen LogP) is 5.07. The highest BCUT2D eigenvalue weighted by atomic mass is 79.9. The van der Waals surface area contributed by atoms with Crippen LogP contribution in [-0.2, 0) is 4.79 Å². The van der Waals surface area contributed by atoms with Crippen LogP contribution in [0.1, 0.15) is 20.8 Å². The van der Waals surface area contributed by atoms with E-state index in [0.29, 0.717) is 5.75 Å². The molecule has 2 nitrogen and oxygen atoms in total.